The zero-order valence-electron chi connectivity index (χ0n) is 30.0. The number of carboxylic acid groups (broad SMARTS) is 1. The number of para-hydroxylation sites is 2. The maximum Gasteiger partial charge on any atom is 0.340 e. The van der Waals surface area contributed by atoms with Gasteiger partial charge in [-0.25, -0.2) is 9.59 Å². The molecule has 280 valence electrons. The molecule has 0 aliphatic rings. The number of nitrogens with one attached hydrogen (secondary N) is 4. The number of amides is 4. The lowest BCUT2D eigenvalue weighted by molar-refractivity contribution is 0.0526. The van der Waals surface area contributed by atoms with Crippen LogP contribution in [0, 0.1) is 0 Å². The number of esters is 1. The summed E-state index contributed by atoms with van der Waals surface area (Å²) in [6.45, 7) is 1.97. The van der Waals surface area contributed by atoms with Gasteiger partial charge in [-0.2, -0.15) is 0 Å². The molecule has 4 amide bonds. The Morgan fingerprint density at radius 3 is 1.18 bits per heavy atom. The van der Waals surface area contributed by atoms with Crippen molar-refractivity contribution in [2.24, 2.45) is 0 Å². The number of benzene rings is 6. The molecule has 0 saturated carbocycles. The lowest BCUT2D eigenvalue weighted by Crippen LogP contribution is -2.16. The summed E-state index contributed by atoms with van der Waals surface area (Å²) in [6, 6.07) is 43.3. The molecule has 0 spiro atoms. The predicted octanol–water partition coefficient (Wildman–Crippen LogP) is 8.26. The van der Waals surface area contributed by atoms with E-state index in [1.165, 1.54) is 12.1 Å². The highest BCUT2D eigenvalue weighted by Gasteiger charge is 2.16. The van der Waals surface area contributed by atoms with E-state index < -0.39 is 17.8 Å². The Kier molecular flexibility index (Phi) is 13.6. The fourth-order valence-corrected chi connectivity index (χ4v) is 5.14. The Labute approximate surface area is 322 Å². The largest absolute Gasteiger partial charge is 0.478 e. The van der Waals surface area contributed by atoms with Crippen molar-refractivity contribution < 1.29 is 38.6 Å². The monoisotopic (exact) mass is 748 g/mol. The van der Waals surface area contributed by atoms with Gasteiger partial charge in [-0.05, 0) is 104 Å². The SMILES string of the molecule is CCOC(=O)c1ccccc1NC(=O)c1ccc(NC(=O)c2ccccc2)cc1.O=C(Nc1ccc(C(=O)Nc2ccccc2C(=O)O)cc1)c1ccccc1. The third kappa shape index (κ3) is 10.8. The third-order valence-electron chi connectivity index (χ3n) is 7.96. The molecule has 12 heteroatoms. The van der Waals surface area contributed by atoms with E-state index in [9.17, 15) is 33.9 Å². The number of carbonyl (C=O) groups excluding carboxylic acids is 5. The molecular formula is C44H36N4O8. The molecule has 6 aromatic rings. The Morgan fingerprint density at radius 2 is 0.768 bits per heavy atom. The Hall–Kier alpha value is -7.86. The highest BCUT2D eigenvalue weighted by Crippen LogP contribution is 2.20. The molecule has 0 aliphatic heterocycles. The fraction of sp³-hybridized carbons (Fsp3) is 0.0455. The average molecular weight is 749 g/mol. The Bertz CT molecular complexity index is 2330. The molecule has 0 aliphatic carbocycles. The summed E-state index contributed by atoms with van der Waals surface area (Å²) in [5, 5.41) is 20.0. The van der Waals surface area contributed by atoms with Gasteiger partial charge in [0.25, 0.3) is 23.6 Å². The second-order valence-electron chi connectivity index (χ2n) is 11.8. The van der Waals surface area contributed by atoms with Crippen LogP contribution in [0.15, 0.2) is 158 Å². The van der Waals surface area contributed by atoms with Gasteiger partial charge in [0, 0.05) is 33.6 Å². The molecule has 0 saturated heterocycles. The number of hydrogen-bond acceptors (Lipinski definition) is 7. The summed E-state index contributed by atoms with van der Waals surface area (Å²) < 4.78 is 5.01. The van der Waals surface area contributed by atoms with E-state index in [0.717, 1.165) is 0 Å². The molecule has 0 unspecified atom stereocenters. The summed E-state index contributed by atoms with van der Waals surface area (Å²) in [6.07, 6.45) is 0. The second kappa shape index (κ2) is 19.3. The lowest BCUT2D eigenvalue weighted by Gasteiger charge is -2.11. The third-order valence-corrected chi connectivity index (χ3v) is 7.96. The van der Waals surface area contributed by atoms with Crippen LogP contribution >= 0.6 is 0 Å². The number of anilines is 4. The Balaban J connectivity index is 0.000000215. The number of carbonyl (C=O) groups is 6. The van der Waals surface area contributed by atoms with Crippen molar-refractivity contribution in [1.29, 1.82) is 0 Å². The number of aromatic carboxylic acids is 1. The van der Waals surface area contributed by atoms with E-state index in [2.05, 4.69) is 21.3 Å². The van der Waals surface area contributed by atoms with Crippen LogP contribution in [0.2, 0.25) is 0 Å². The molecule has 56 heavy (non-hydrogen) atoms. The molecule has 0 atom stereocenters. The lowest BCUT2D eigenvalue weighted by atomic mass is 10.1. The summed E-state index contributed by atoms with van der Waals surface area (Å²) in [5.74, 6) is -2.91. The van der Waals surface area contributed by atoms with Crippen molar-refractivity contribution in [3.05, 3.63) is 191 Å². The predicted molar refractivity (Wildman–Crippen MR) is 213 cm³/mol. The van der Waals surface area contributed by atoms with Crippen molar-refractivity contribution in [2.45, 2.75) is 6.92 Å². The first-order chi connectivity index (χ1) is 27.1. The summed E-state index contributed by atoms with van der Waals surface area (Å²) >= 11 is 0. The smallest absolute Gasteiger partial charge is 0.340 e. The fourth-order valence-electron chi connectivity index (χ4n) is 5.14. The van der Waals surface area contributed by atoms with Crippen LogP contribution in [0.4, 0.5) is 22.7 Å². The van der Waals surface area contributed by atoms with Gasteiger partial charge in [0.1, 0.15) is 0 Å². The van der Waals surface area contributed by atoms with Crippen LogP contribution in [-0.2, 0) is 4.74 Å². The minimum Gasteiger partial charge on any atom is -0.478 e. The van der Waals surface area contributed by atoms with Crippen LogP contribution in [-0.4, -0.2) is 47.3 Å². The van der Waals surface area contributed by atoms with E-state index in [1.54, 1.807) is 140 Å². The van der Waals surface area contributed by atoms with Crippen LogP contribution in [0.3, 0.4) is 0 Å². The van der Waals surface area contributed by atoms with Gasteiger partial charge in [0.2, 0.25) is 0 Å². The van der Waals surface area contributed by atoms with E-state index in [0.29, 0.717) is 39.3 Å². The first-order valence-electron chi connectivity index (χ1n) is 17.3. The first kappa shape index (κ1) is 39.3. The minimum atomic E-state index is -1.12. The maximum atomic E-state index is 12.6. The van der Waals surface area contributed by atoms with Gasteiger partial charge < -0.3 is 31.1 Å². The number of hydrogen-bond donors (Lipinski definition) is 5. The van der Waals surface area contributed by atoms with Crippen LogP contribution < -0.4 is 21.3 Å². The molecule has 0 heterocycles. The second-order valence-corrected chi connectivity index (χ2v) is 11.8. The van der Waals surface area contributed by atoms with Crippen molar-refractivity contribution in [1.82, 2.24) is 0 Å². The van der Waals surface area contributed by atoms with E-state index in [1.807, 2.05) is 12.1 Å². The number of ether oxygens (including phenoxy) is 1. The minimum absolute atomic E-state index is 0.0117. The first-order valence-corrected chi connectivity index (χ1v) is 17.3. The summed E-state index contributed by atoms with van der Waals surface area (Å²) in [4.78, 5) is 72.5. The molecule has 6 rings (SSSR count). The molecule has 5 N–H and O–H groups in total. The van der Waals surface area contributed by atoms with E-state index in [-0.39, 0.29) is 41.1 Å². The number of rotatable bonds is 11. The zero-order valence-corrected chi connectivity index (χ0v) is 30.0. The van der Waals surface area contributed by atoms with Gasteiger partial charge in [-0.3, -0.25) is 19.2 Å². The standard InChI is InChI=1S/C23H20N2O4.C21H16N2O4/c1-2-29-23(28)19-10-6-7-11-20(19)25-22(27)17-12-14-18(15-13-17)24-21(26)16-8-4-3-5-9-16;24-19(14-6-2-1-3-7-14)22-16-12-10-15(11-13-16)20(25)23-18-9-5-4-8-17(18)21(26)27/h3-15H,2H2,1H3,(H,24,26)(H,25,27);1-13H,(H,22,24)(H,23,25)(H,26,27). The van der Waals surface area contributed by atoms with Crippen molar-refractivity contribution in [2.75, 3.05) is 27.9 Å². The normalized spacial score (nSPS) is 10.1. The summed E-state index contributed by atoms with van der Waals surface area (Å²) in [5.41, 5.74) is 3.82. The highest BCUT2D eigenvalue weighted by atomic mass is 16.5. The molecule has 0 radical (unpaired) electrons. The maximum absolute atomic E-state index is 12.6. The zero-order chi connectivity index (χ0) is 39.9. The average Bonchev–Trinajstić information content (AvgIpc) is 3.22. The molecule has 6 aromatic carbocycles. The van der Waals surface area contributed by atoms with Crippen molar-refractivity contribution in [3.8, 4) is 0 Å². The van der Waals surface area contributed by atoms with Crippen LogP contribution in [0.25, 0.3) is 0 Å². The Morgan fingerprint density at radius 1 is 0.429 bits per heavy atom. The van der Waals surface area contributed by atoms with E-state index >= 15 is 0 Å². The van der Waals surface area contributed by atoms with Gasteiger partial charge in [0.05, 0.1) is 29.1 Å². The number of carboxylic acids is 1. The van der Waals surface area contributed by atoms with Crippen LogP contribution in [0.5, 0.6) is 0 Å². The van der Waals surface area contributed by atoms with Gasteiger partial charge in [-0.1, -0.05) is 60.7 Å². The summed E-state index contributed by atoms with van der Waals surface area (Å²) in [7, 11) is 0. The van der Waals surface area contributed by atoms with Gasteiger partial charge in [0.15, 0.2) is 0 Å². The molecule has 12 nitrogen and oxygen atoms in total. The topological polar surface area (TPSA) is 180 Å². The van der Waals surface area contributed by atoms with Gasteiger partial charge in [-0.15, -0.1) is 0 Å². The molecular weight excluding hydrogens is 713 g/mol. The highest BCUT2D eigenvalue weighted by molar-refractivity contribution is 6.10. The quantitative estimate of drug-likeness (QED) is 0.0822. The van der Waals surface area contributed by atoms with Crippen molar-refractivity contribution >= 4 is 58.3 Å². The van der Waals surface area contributed by atoms with E-state index in [4.69, 9.17) is 4.74 Å². The van der Waals surface area contributed by atoms with Gasteiger partial charge >= 0.3 is 11.9 Å². The van der Waals surface area contributed by atoms with Crippen molar-refractivity contribution in [3.63, 3.8) is 0 Å². The molecule has 0 aromatic heterocycles. The van der Waals surface area contributed by atoms with Crippen LogP contribution in [0.1, 0.15) is 69.1 Å². The molecule has 0 fully saturated rings. The molecule has 0 bridgehead atoms.